The van der Waals surface area contributed by atoms with Crippen molar-refractivity contribution >= 4 is 33.3 Å². The van der Waals surface area contributed by atoms with Crippen LogP contribution in [0.1, 0.15) is 11.4 Å². The van der Waals surface area contributed by atoms with Gasteiger partial charge in [0.25, 0.3) is 0 Å². The second kappa shape index (κ2) is 11.2. The molecule has 9 nitrogen and oxygen atoms in total. The fourth-order valence-corrected chi connectivity index (χ4v) is 5.20. The molecule has 5 rings (SSSR count). The van der Waals surface area contributed by atoms with Gasteiger partial charge < -0.3 is 29.2 Å². The molecule has 0 unspecified atom stereocenters. The van der Waals surface area contributed by atoms with Gasteiger partial charge in [0.15, 0.2) is 11.5 Å². The zero-order valence-electron chi connectivity index (χ0n) is 19.8. The van der Waals surface area contributed by atoms with Crippen LogP contribution in [0.4, 0.5) is 11.7 Å². The molecule has 1 aliphatic heterocycles. The molecule has 0 spiro atoms. The van der Waals surface area contributed by atoms with Gasteiger partial charge >= 0.3 is 0 Å². The maximum atomic E-state index is 12.7. The number of thiophene rings is 1. The summed E-state index contributed by atoms with van der Waals surface area (Å²) in [6.07, 6.45) is 2.24. The number of ether oxygens (including phenoxy) is 1. The number of rotatable bonds is 9. The number of aliphatic hydroxyl groups excluding tert-OH is 2. The number of anilines is 2. The minimum Gasteiger partial charge on any atom is -0.439 e. The van der Waals surface area contributed by atoms with Gasteiger partial charge in [0.1, 0.15) is 16.3 Å². The van der Waals surface area contributed by atoms with Gasteiger partial charge in [0.2, 0.25) is 5.43 Å². The molecule has 4 heterocycles. The summed E-state index contributed by atoms with van der Waals surface area (Å²) in [6, 6.07) is 11.4. The minimum atomic E-state index is -0.0286. The van der Waals surface area contributed by atoms with Crippen molar-refractivity contribution in [2.24, 2.45) is 0 Å². The van der Waals surface area contributed by atoms with Crippen molar-refractivity contribution in [3.63, 3.8) is 0 Å². The van der Waals surface area contributed by atoms with E-state index in [0.29, 0.717) is 73.6 Å². The van der Waals surface area contributed by atoms with Crippen LogP contribution >= 0.6 is 11.3 Å². The van der Waals surface area contributed by atoms with Gasteiger partial charge in [0, 0.05) is 55.8 Å². The molecule has 36 heavy (non-hydrogen) atoms. The highest BCUT2D eigenvalue weighted by atomic mass is 32.1. The molecule has 0 aliphatic carbocycles. The second-order valence-corrected chi connectivity index (χ2v) is 9.37. The predicted octanol–water partition coefficient (Wildman–Crippen LogP) is 2.53. The molecule has 3 aromatic heterocycles. The first-order valence-electron chi connectivity index (χ1n) is 11.9. The number of hydrogen-bond donors (Lipinski definition) is 2. The Balaban J connectivity index is 1.37. The monoisotopic (exact) mass is 508 g/mol. The number of nitrogens with zero attached hydrogens (tertiary/aromatic N) is 4. The topological polar surface area (TPSA) is 112 Å². The van der Waals surface area contributed by atoms with Crippen molar-refractivity contribution in [1.82, 2.24) is 9.97 Å². The highest BCUT2D eigenvalue weighted by molar-refractivity contribution is 7.17. The Hall–Kier alpha value is -3.31. The SMILES string of the molecule is O=c1cc(N2CCOCC2)oc2c(-c3ccc(Cc4nccc(N(CCO)CCO)n4)cc3)csc12. The van der Waals surface area contributed by atoms with Crippen molar-refractivity contribution in [2.75, 3.05) is 62.4 Å². The Bertz CT molecular complexity index is 1360. The summed E-state index contributed by atoms with van der Waals surface area (Å²) >= 11 is 1.40. The zero-order valence-corrected chi connectivity index (χ0v) is 20.6. The summed E-state index contributed by atoms with van der Waals surface area (Å²) in [6.45, 7) is 3.37. The van der Waals surface area contributed by atoms with E-state index in [9.17, 15) is 15.0 Å². The molecule has 1 aliphatic rings. The molecule has 2 N–H and O–H groups in total. The highest BCUT2D eigenvalue weighted by Gasteiger charge is 2.18. The first-order chi connectivity index (χ1) is 17.7. The average Bonchev–Trinajstić information content (AvgIpc) is 3.34. The van der Waals surface area contributed by atoms with Crippen molar-refractivity contribution in [3.05, 3.63) is 69.6 Å². The molecular formula is C26H28N4O5S. The number of aliphatic hydroxyl groups is 2. The van der Waals surface area contributed by atoms with Crippen LogP contribution < -0.4 is 15.2 Å². The Morgan fingerprint density at radius 3 is 2.53 bits per heavy atom. The van der Waals surface area contributed by atoms with Gasteiger partial charge in [-0.25, -0.2) is 9.97 Å². The van der Waals surface area contributed by atoms with Crippen LogP contribution in [0.5, 0.6) is 0 Å². The molecule has 0 radical (unpaired) electrons. The predicted molar refractivity (Wildman–Crippen MR) is 140 cm³/mol. The van der Waals surface area contributed by atoms with E-state index in [-0.39, 0.29) is 18.6 Å². The fourth-order valence-electron chi connectivity index (χ4n) is 4.29. The number of morpholine rings is 1. The van der Waals surface area contributed by atoms with Crippen LogP contribution in [0.15, 0.2) is 57.2 Å². The lowest BCUT2D eigenvalue weighted by atomic mass is 10.0. The Morgan fingerprint density at radius 2 is 1.81 bits per heavy atom. The van der Waals surface area contributed by atoms with Gasteiger partial charge in [0.05, 0.1) is 26.4 Å². The van der Waals surface area contributed by atoms with Crippen molar-refractivity contribution < 1.29 is 19.4 Å². The van der Waals surface area contributed by atoms with Crippen LogP contribution in [0.3, 0.4) is 0 Å². The van der Waals surface area contributed by atoms with Crippen LogP contribution in [0, 0.1) is 0 Å². The molecule has 10 heteroatoms. The molecule has 1 saturated heterocycles. The summed E-state index contributed by atoms with van der Waals surface area (Å²) in [4.78, 5) is 25.6. The normalized spacial score (nSPS) is 13.9. The lowest BCUT2D eigenvalue weighted by molar-refractivity contribution is 0.121. The van der Waals surface area contributed by atoms with E-state index >= 15 is 0 Å². The lowest BCUT2D eigenvalue weighted by Crippen LogP contribution is -2.36. The summed E-state index contributed by atoms with van der Waals surface area (Å²) in [5.41, 5.74) is 3.50. The third-order valence-electron chi connectivity index (χ3n) is 6.14. The van der Waals surface area contributed by atoms with Crippen LogP contribution in [-0.4, -0.2) is 72.8 Å². The van der Waals surface area contributed by atoms with E-state index in [1.807, 2.05) is 39.4 Å². The molecule has 0 atom stereocenters. The largest absolute Gasteiger partial charge is 0.439 e. The van der Waals surface area contributed by atoms with Crippen LogP contribution in [0.2, 0.25) is 0 Å². The van der Waals surface area contributed by atoms with Gasteiger partial charge in [-0.3, -0.25) is 4.79 Å². The maximum absolute atomic E-state index is 12.7. The Kier molecular flexibility index (Phi) is 7.57. The Labute approximate surface area is 212 Å². The number of aromatic nitrogens is 2. The molecule has 0 saturated carbocycles. The van der Waals surface area contributed by atoms with E-state index in [4.69, 9.17) is 9.15 Å². The van der Waals surface area contributed by atoms with Gasteiger partial charge in [-0.2, -0.15) is 0 Å². The molecule has 1 fully saturated rings. The van der Waals surface area contributed by atoms with Gasteiger partial charge in [-0.1, -0.05) is 24.3 Å². The zero-order chi connectivity index (χ0) is 24.9. The van der Waals surface area contributed by atoms with Gasteiger partial charge in [-0.05, 0) is 17.2 Å². The second-order valence-electron chi connectivity index (χ2n) is 8.49. The molecule has 188 valence electrons. The van der Waals surface area contributed by atoms with Crippen molar-refractivity contribution in [2.45, 2.75) is 6.42 Å². The van der Waals surface area contributed by atoms with E-state index < -0.39 is 0 Å². The fraction of sp³-hybridized carbons (Fsp3) is 0.346. The average molecular weight is 509 g/mol. The number of fused-ring (bicyclic) bond motifs is 1. The Morgan fingerprint density at radius 1 is 1.06 bits per heavy atom. The van der Waals surface area contributed by atoms with Crippen molar-refractivity contribution in [1.29, 1.82) is 0 Å². The van der Waals surface area contributed by atoms with E-state index in [0.717, 1.165) is 16.7 Å². The van der Waals surface area contributed by atoms with E-state index in [1.165, 1.54) is 11.3 Å². The molecule has 0 amide bonds. The van der Waals surface area contributed by atoms with Crippen molar-refractivity contribution in [3.8, 4) is 11.1 Å². The maximum Gasteiger partial charge on any atom is 0.204 e. The third-order valence-corrected chi connectivity index (χ3v) is 7.11. The van der Waals surface area contributed by atoms with E-state index in [1.54, 1.807) is 18.3 Å². The van der Waals surface area contributed by atoms with E-state index in [2.05, 4.69) is 9.97 Å². The van der Waals surface area contributed by atoms with Crippen LogP contribution in [-0.2, 0) is 11.2 Å². The summed E-state index contributed by atoms with van der Waals surface area (Å²) in [7, 11) is 0. The summed E-state index contributed by atoms with van der Waals surface area (Å²) in [5, 5.41) is 20.6. The number of hydrogen-bond acceptors (Lipinski definition) is 10. The first kappa shape index (κ1) is 24.4. The molecule has 0 bridgehead atoms. The highest BCUT2D eigenvalue weighted by Crippen LogP contribution is 2.34. The summed E-state index contributed by atoms with van der Waals surface area (Å²) in [5.74, 6) is 1.92. The molecule has 4 aromatic rings. The lowest BCUT2D eigenvalue weighted by Gasteiger charge is -2.27. The van der Waals surface area contributed by atoms with Gasteiger partial charge in [-0.15, -0.1) is 11.3 Å². The van der Waals surface area contributed by atoms with Crippen LogP contribution in [0.25, 0.3) is 21.4 Å². The molecular weight excluding hydrogens is 480 g/mol. The standard InChI is InChI=1S/C26H28N4O5S/c31-11-7-29(8-12-32)23-5-6-27-22(28-23)15-18-1-3-19(4-2-18)20-17-36-26-21(33)16-24(35-25(20)26)30-9-13-34-14-10-30/h1-6,16-17,31-32H,7-15H2. The quantitative estimate of drug-likeness (QED) is 0.352. The molecule has 1 aromatic carbocycles. The smallest absolute Gasteiger partial charge is 0.204 e. The third kappa shape index (κ3) is 5.26. The number of benzene rings is 1. The summed E-state index contributed by atoms with van der Waals surface area (Å²) < 4.78 is 12.3. The first-order valence-corrected chi connectivity index (χ1v) is 12.8. The minimum absolute atomic E-state index is 0.0217.